The van der Waals surface area contributed by atoms with Crippen molar-refractivity contribution in [3.63, 3.8) is 0 Å². The van der Waals surface area contributed by atoms with Crippen LogP contribution < -0.4 is 10.4 Å². The second kappa shape index (κ2) is 6.38. The minimum atomic E-state index is -1.60. The summed E-state index contributed by atoms with van der Waals surface area (Å²) in [4.78, 5) is 11.2. The van der Waals surface area contributed by atoms with E-state index in [1.807, 2.05) is 0 Å². The van der Waals surface area contributed by atoms with E-state index in [0.717, 1.165) is 6.07 Å². The van der Waals surface area contributed by atoms with Crippen LogP contribution in [0.25, 0.3) is 11.0 Å². The summed E-state index contributed by atoms with van der Waals surface area (Å²) in [6.45, 7) is -0.598. The van der Waals surface area contributed by atoms with E-state index >= 15 is 0 Å². The number of hydrogen-bond acceptors (Lipinski definition) is 9. The van der Waals surface area contributed by atoms with Crippen LogP contribution in [0.5, 0.6) is 11.5 Å². The zero-order chi connectivity index (χ0) is 17.4. The molecule has 9 heteroatoms. The molecule has 2 aromatic rings. The lowest BCUT2D eigenvalue weighted by atomic mass is 9.99. The second-order valence-electron chi connectivity index (χ2n) is 5.43. The number of fused-ring (bicyclic) bond motifs is 1. The van der Waals surface area contributed by atoms with Crippen molar-refractivity contribution in [1.29, 1.82) is 0 Å². The molecule has 1 fully saturated rings. The number of rotatable bonds is 3. The molecule has 1 aliphatic rings. The molecule has 0 unspecified atom stereocenters. The van der Waals surface area contributed by atoms with Crippen molar-refractivity contribution < 1.29 is 39.4 Å². The average Bonchev–Trinajstić information content (AvgIpc) is 2.56. The third-order valence-corrected chi connectivity index (χ3v) is 3.79. The normalized spacial score (nSPS) is 30.4. The highest BCUT2D eigenvalue weighted by Gasteiger charge is 2.44. The Morgan fingerprint density at radius 1 is 1.08 bits per heavy atom. The van der Waals surface area contributed by atoms with Crippen LogP contribution in [0.15, 0.2) is 33.5 Å². The third-order valence-electron chi connectivity index (χ3n) is 3.79. The maximum absolute atomic E-state index is 11.2. The highest BCUT2D eigenvalue weighted by molar-refractivity contribution is 5.80. The van der Waals surface area contributed by atoms with E-state index in [4.69, 9.17) is 19.0 Å². The second-order valence-corrected chi connectivity index (χ2v) is 5.43. The van der Waals surface area contributed by atoms with E-state index < -0.39 is 42.9 Å². The number of aliphatic hydroxyl groups excluding tert-OH is 4. The first-order valence-corrected chi connectivity index (χ1v) is 7.15. The number of hydrogen-bond donors (Lipinski definition) is 5. The summed E-state index contributed by atoms with van der Waals surface area (Å²) in [5.41, 5.74) is -0.439. The Hall–Kier alpha value is -2.17. The molecule has 1 saturated heterocycles. The molecule has 0 radical (unpaired) electrons. The number of phenols is 1. The van der Waals surface area contributed by atoms with Gasteiger partial charge in [-0.1, -0.05) is 0 Å². The molecule has 1 aromatic heterocycles. The minimum Gasteiger partial charge on any atom is -0.504 e. The predicted octanol–water partition coefficient (Wildman–Crippen LogP) is -1.32. The molecule has 0 amide bonds. The summed E-state index contributed by atoms with van der Waals surface area (Å²) >= 11 is 0. The van der Waals surface area contributed by atoms with E-state index in [0.29, 0.717) is 5.39 Å². The summed E-state index contributed by atoms with van der Waals surface area (Å²) in [6, 6.07) is 5.17. The van der Waals surface area contributed by atoms with Crippen LogP contribution in [0.4, 0.5) is 0 Å². The van der Waals surface area contributed by atoms with Crippen LogP contribution in [0.3, 0.4) is 0 Å². The SMILES string of the molecule is O=c1ccc2cc(O[C@H]3O[C@@H](CO)[C@H](O)[C@@H](O)[C@@H]3O)c(O)cc2o1. The zero-order valence-electron chi connectivity index (χ0n) is 12.3. The van der Waals surface area contributed by atoms with Crippen molar-refractivity contribution in [2.45, 2.75) is 30.7 Å². The lowest BCUT2D eigenvalue weighted by Gasteiger charge is -2.39. The highest BCUT2D eigenvalue weighted by Crippen LogP contribution is 2.33. The molecule has 9 nitrogen and oxygen atoms in total. The monoisotopic (exact) mass is 340 g/mol. The first kappa shape index (κ1) is 16.7. The minimum absolute atomic E-state index is 0.0966. The lowest BCUT2D eigenvalue weighted by Crippen LogP contribution is -2.60. The van der Waals surface area contributed by atoms with Gasteiger partial charge < -0.3 is 39.4 Å². The van der Waals surface area contributed by atoms with Crippen LogP contribution in [0, 0.1) is 0 Å². The fraction of sp³-hybridized carbons (Fsp3) is 0.400. The zero-order valence-corrected chi connectivity index (χ0v) is 12.3. The van der Waals surface area contributed by atoms with E-state index in [1.165, 1.54) is 18.2 Å². The van der Waals surface area contributed by atoms with Gasteiger partial charge in [0.25, 0.3) is 0 Å². The van der Waals surface area contributed by atoms with Crippen molar-refractivity contribution >= 4 is 11.0 Å². The fourth-order valence-electron chi connectivity index (χ4n) is 2.47. The quantitative estimate of drug-likeness (QED) is 0.429. The van der Waals surface area contributed by atoms with Gasteiger partial charge in [0, 0.05) is 17.5 Å². The Labute approximate surface area is 134 Å². The summed E-state index contributed by atoms with van der Waals surface area (Å²) in [5.74, 6) is -0.477. The van der Waals surface area contributed by atoms with Gasteiger partial charge in [-0.2, -0.15) is 0 Å². The molecule has 24 heavy (non-hydrogen) atoms. The number of phenolic OH excluding ortho intramolecular Hbond substituents is 1. The van der Waals surface area contributed by atoms with Crippen molar-refractivity contribution in [2.75, 3.05) is 6.61 Å². The van der Waals surface area contributed by atoms with Gasteiger partial charge in [-0.05, 0) is 12.1 Å². The number of aromatic hydroxyl groups is 1. The Morgan fingerprint density at radius 3 is 2.54 bits per heavy atom. The van der Waals surface area contributed by atoms with Crippen molar-refractivity contribution in [2.24, 2.45) is 0 Å². The fourth-order valence-corrected chi connectivity index (χ4v) is 2.47. The standard InChI is InChI=1S/C15H16O9/c16-5-10-12(19)13(20)14(21)15(24-10)23-9-3-6-1-2-11(18)22-8(6)4-7(9)17/h1-4,10,12-17,19-21H,5H2/t10-,12-,13+,14-,15-/m0/s1. The lowest BCUT2D eigenvalue weighted by molar-refractivity contribution is -0.277. The number of benzene rings is 1. The van der Waals surface area contributed by atoms with Crippen LogP contribution in [-0.2, 0) is 4.74 Å². The number of ether oxygens (including phenoxy) is 2. The van der Waals surface area contributed by atoms with Crippen LogP contribution in [-0.4, -0.2) is 62.8 Å². The van der Waals surface area contributed by atoms with E-state index in [1.54, 1.807) is 0 Å². The molecule has 0 bridgehead atoms. The molecule has 3 rings (SSSR count). The van der Waals surface area contributed by atoms with Crippen LogP contribution in [0.2, 0.25) is 0 Å². The molecule has 0 spiro atoms. The molecule has 0 saturated carbocycles. The van der Waals surface area contributed by atoms with Gasteiger partial charge in [-0.25, -0.2) is 4.79 Å². The highest BCUT2D eigenvalue weighted by atomic mass is 16.7. The maximum atomic E-state index is 11.2. The molecule has 2 heterocycles. The Kier molecular flexibility index (Phi) is 4.43. The van der Waals surface area contributed by atoms with Gasteiger partial charge in [0.15, 0.2) is 11.5 Å². The average molecular weight is 340 g/mol. The Bertz CT molecular complexity index is 784. The first-order valence-electron chi connectivity index (χ1n) is 7.15. The summed E-state index contributed by atoms with van der Waals surface area (Å²) in [5, 5.41) is 49.0. The number of aliphatic hydroxyl groups is 4. The van der Waals surface area contributed by atoms with Crippen LogP contribution in [0.1, 0.15) is 0 Å². The summed E-state index contributed by atoms with van der Waals surface area (Å²) < 4.78 is 15.5. The van der Waals surface area contributed by atoms with Crippen molar-refractivity contribution in [3.05, 3.63) is 34.7 Å². The predicted molar refractivity (Wildman–Crippen MR) is 78.5 cm³/mol. The Morgan fingerprint density at radius 2 is 1.83 bits per heavy atom. The van der Waals surface area contributed by atoms with Crippen LogP contribution >= 0.6 is 0 Å². The molecule has 1 aliphatic heterocycles. The van der Waals surface area contributed by atoms with Gasteiger partial charge in [-0.3, -0.25) is 0 Å². The van der Waals surface area contributed by atoms with E-state index in [-0.39, 0.29) is 17.1 Å². The molecule has 5 atom stereocenters. The molecular formula is C15H16O9. The molecular weight excluding hydrogens is 324 g/mol. The summed E-state index contributed by atoms with van der Waals surface area (Å²) in [6.07, 6.45) is -7.27. The van der Waals surface area contributed by atoms with E-state index in [2.05, 4.69) is 0 Å². The summed E-state index contributed by atoms with van der Waals surface area (Å²) in [7, 11) is 0. The third kappa shape index (κ3) is 2.95. The van der Waals surface area contributed by atoms with Gasteiger partial charge >= 0.3 is 5.63 Å². The molecule has 1 aromatic carbocycles. The molecule has 5 N–H and O–H groups in total. The first-order chi connectivity index (χ1) is 11.4. The van der Waals surface area contributed by atoms with E-state index in [9.17, 15) is 25.2 Å². The maximum Gasteiger partial charge on any atom is 0.336 e. The topological polar surface area (TPSA) is 150 Å². The largest absolute Gasteiger partial charge is 0.504 e. The molecule has 130 valence electrons. The van der Waals surface area contributed by atoms with Gasteiger partial charge in [0.05, 0.1) is 6.61 Å². The Balaban J connectivity index is 1.89. The van der Waals surface area contributed by atoms with Gasteiger partial charge in [0.1, 0.15) is 30.0 Å². The van der Waals surface area contributed by atoms with Gasteiger partial charge in [0.2, 0.25) is 6.29 Å². The molecule has 0 aliphatic carbocycles. The van der Waals surface area contributed by atoms with Crippen molar-refractivity contribution in [1.82, 2.24) is 0 Å². The smallest absolute Gasteiger partial charge is 0.336 e. The van der Waals surface area contributed by atoms with Crippen molar-refractivity contribution in [3.8, 4) is 11.5 Å². The van der Waals surface area contributed by atoms with Gasteiger partial charge in [-0.15, -0.1) is 0 Å².